The van der Waals surface area contributed by atoms with Gasteiger partial charge in [0.25, 0.3) is 0 Å². The minimum Gasteiger partial charge on any atom is -0.0622 e. The molecule has 0 aliphatic heterocycles. The second-order valence-corrected chi connectivity index (χ2v) is 21.7. The van der Waals surface area contributed by atoms with Crippen LogP contribution in [-0.4, -0.2) is 0 Å². The summed E-state index contributed by atoms with van der Waals surface area (Å²) >= 11 is 0. The fraction of sp³-hybridized carbons (Fsp3) is 0.0263. The average Bonchev–Trinajstić information content (AvgIpc) is 4.16. The van der Waals surface area contributed by atoms with E-state index in [1.54, 1.807) is 0 Å². The van der Waals surface area contributed by atoms with Crippen molar-refractivity contribution in [1.82, 2.24) is 0 Å². The van der Waals surface area contributed by atoms with Crippen LogP contribution in [-0.2, 0) is 0 Å². The maximum Gasteiger partial charge on any atom is -0.000730 e. The highest BCUT2D eigenvalue weighted by Crippen LogP contribution is 2.61. The Kier molecular flexibility index (Phi) is 7.82. The molecule has 17 aromatic carbocycles. The molecule has 0 heteroatoms. The molecule has 0 saturated heterocycles. The summed E-state index contributed by atoms with van der Waals surface area (Å²) in [6.07, 6.45) is 0. The molecule has 18 rings (SSSR count). The second-order valence-electron chi connectivity index (χ2n) is 21.7. The fourth-order valence-electron chi connectivity index (χ4n) is 15.1. The molecule has 0 bridgehead atoms. The Balaban J connectivity index is 1.01. The van der Waals surface area contributed by atoms with E-state index in [9.17, 15) is 0 Å². The molecule has 0 radical (unpaired) electrons. The molecule has 1 aliphatic carbocycles. The number of fused-ring (bicyclic) bond motifs is 13. The molecule has 0 heterocycles. The number of aryl methyl sites for hydroxylation is 2. The Labute approximate surface area is 438 Å². The van der Waals surface area contributed by atoms with Gasteiger partial charge in [0.15, 0.2) is 0 Å². The van der Waals surface area contributed by atoms with Gasteiger partial charge < -0.3 is 0 Å². The first-order chi connectivity index (χ1) is 37.6. The Morgan fingerprint density at radius 2 is 0.579 bits per heavy atom. The number of rotatable bonds is 4. The highest BCUT2D eigenvalue weighted by molar-refractivity contribution is 6.48. The molecule has 0 aromatic heterocycles. The van der Waals surface area contributed by atoms with Gasteiger partial charge >= 0.3 is 0 Å². The molecule has 17 aromatic rings. The van der Waals surface area contributed by atoms with E-state index < -0.39 is 0 Å². The quantitative estimate of drug-likeness (QED) is 0.122. The molecule has 348 valence electrons. The topological polar surface area (TPSA) is 0 Å². The van der Waals surface area contributed by atoms with Gasteiger partial charge in [-0.3, -0.25) is 0 Å². The van der Waals surface area contributed by atoms with Crippen LogP contribution < -0.4 is 0 Å². The molecular formula is C76H44. The molecule has 0 unspecified atom stereocenters. The van der Waals surface area contributed by atoms with Crippen molar-refractivity contribution in [2.24, 2.45) is 0 Å². The minimum atomic E-state index is 1.24. The first kappa shape index (κ1) is 40.8. The van der Waals surface area contributed by atoms with Crippen LogP contribution in [0.3, 0.4) is 0 Å². The summed E-state index contributed by atoms with van der Waals surface area (Å²) in [5, 5.41) is 29.1. The lowest BCUT2D eigenvalue weighted by atomic mass is 9.82. The van der Waals surface area contributed by atoms with E-state index in [2.05, 4.69) is 244 Å². The molecule has 76 heavy (non-hydrogen) atoms. The third-order valence-electron chi connectivity index (χ3n) is 18.1. The fourth-order valence-corrected chi connectivity index (χ4v) is 15.1. The molecule has 0 saturated carbocycles. The third-order valence-corrected chi connectivity index (χ3v) is 18.1. The van der Waals surface area contributed by atoms with Crippen LogP contribution in [0.5, 0.6) is 0 Å². The standard InChI is InChI=1S/C76H44/c1-41-17-9-11-25-46(41)67-49-28-14-13-27-48(49)65(44-19-5-3-6-20-44)73-56-35-31-52-55-34-38-59-72-57(36-32-53(70(55)72)54-33-37-58(75(67)73)71(56)69(52)54)74-66(45-21-7-4-8-22-45)62-39-60-50-29-15-23-43-24-16-30-51(64(43)50)61(60)40-63(62)68(76(59)74)47-26-12-10-18-42(47)2/h3-40H,1-2H3. The van der Waals surface area contributed by atoms with Crippen LogP contribution >= 0.6 is 0 Å². The van der Waals surface area contributed by atoms with Crippen LogP contribution in [0.1, 0.15) is 11.1 Å². The zero-order valence-corrected chi connectivity index (χ0v) is 41.9. The first-order valence-electron chi connectivity index (χ1n) is 26.8. The van der Waals surface area contributed by atoms with E-state index in [0.717, 1.165) is 0 Å². The highest BCUT2D eigenvalue weighted by atomic mass is 14.4. The maximum absolute atomic E-state index is 2.55. The normalized spacial score (nSPS) is 12.6. The summed E-state index contributed by atoms with van der Waals surface area (Å²) in [5.41, 5.74) is 18.2. The van der Waals surface area contributed by atoms with Crippen molar-refractivity contribution < 1.29 is 0 Å². The van der Waals surface area contributed by atoms with Crippen molar-refractivity contribution in [2.75, 3.05) is 0 Å². The second kappa shape index (κ2) is 14.6. The average molecular weight is 957 g/mol. The van der Waals surface area contributed by atoms with Crippen molar-refractivity contribution >= 4 is 118 Å². The van der Waals surface area contributed by atoms with Crippen molar-refractivity contribution in [3.63, 3.8) is 0 Å². The Morgan fingerprint density at radius 1 is 0.184 bits per heavy atom. The molecule has 0 nitrogen and oxygen atoms in total. The van der Waals surface area contributed by atoms with Crippen LogP contribution in [0.4, 0.5) is 0 Å². The molecule has 0 spiro atoms. The van der Waals surface area contributed by atoms with E-state index in [-0.39, 0.29) is 0 Å². The SMILES string of the molecule is Cc1ccccc1-c1c2c(c(-c3ccccc3)c3ccccc13)-c1ccc3c4ccc5c6c(-c7ccccc7C)c7cc8c(cc7c(-c7ccccc7)c6c6ccc(c7ccc-2c1c73)c4c65)c1cccc2cccc8c21. The summed E-state index contributed by atoms with van der Waals surface area (Å²) < 4.78 is 0. The van der Waals surface area contributed by atoms with Gasteiger partial charge in [-0.05, 0) is 222 Å². The first-order valence-corrected chi connectivity index (χ1v) is 26.8. The number of hydrogen-bond donors (Lipinski definition) is 0. The zero-order chi connectivity index (χ0) is 49.7. The lowest BCUT2D eigenvalue weighted by molar-refractivity contribution is 1.47. The zero-order valence-electron chi connectivity index (χ0n) is 41.9. The van der Waals surface area contributed by atoms with Crippen LogP contribution in [0.15, 0.2) is 231 Å². The minimum absolute atomic E-state index is 1.24. The van der Waals surface area contributed by atoms with Crippen LogP contribution in [0.2, 0.25) is 0 Å². The van der Waals surface area contributed by atoms with E-state index in [0.29, 0.717) is 0 Å². The third kappa shape index (κ3) is 5.00. The van der Waals surface area contributed by atoms with Gasteiger partial charge in [-0.15, -0.1) is 0 Å². The van der Waals surface area contributed by atoms with Crippen molar-refractivity contribution in [2.45, 2.75) is 13.8 Å². The van der Waals surface area contributed by atoms with Gasteiger partial charge in [-0.1, -0.05) is 218 Å². The van der Waals surface area contributed by atoms with Crippen molar-refractivity contribution in [3.8, 4) is 66.8 Å². The molecule has 0 atom stereocenters. The van der Waals surface area contributed by atoms with E-state index in [4.69, 9.17) is 0 Å². The van der Waals surface area contributed by atoms with Gasteiger partial charge in [0, 0.05) is 0 Å². The molecule has 0 amide bonds. The maximum atomic E-state index is 2.55. The summed E-state index contributed by atoms with van der Waals surface area (Å²) in [6, 6.07) is 88.1. The largest absolute Gasteiger partial charge is 0.0622 e. The summed E-state index contributed by atoms with van der Waals surface area (Å²) in [5.74, 6) is 0. The Bertz CT molecular complexity index is 5360. The molecular weight excluding hydrogens is 913 g/mol. The lowest BCUT2D eigenvalue weighted by Crippen LogP contribution is -1.94. The summed E-state index contributed by atoms with van der Waals surface area (Å²) in [7, 11) is 0. The monoisotopic (exact) mass is 956 g/mol. The van der Waals surface area contributed by atoms with Crippen molar-refractivity contribution in [1.29, 1.82) is 0 Å². The predicted molar refractivity (Wildman–Crippen MR) is 328 cm³/mol. The summed E-state index contributed by atoms with van der Waals surface area (Å²) in [4.78, 5) is 0. The Hall–Kier alpha value is -9.62. The van der Waals surface area contributed by atoms with Gasteiger partial charge in [0.2, 0.25) is 0 Å². The number of hydrogen-bond acceptors (Lipinski definition) is 0. The molecule has 1 aliphatic rings. The summed E-state index contributed by atoms with van der Waals surface area (Å²) in [6.45, 7) is 4.56. The molecule has 0 N–H and O–H groups in total. The lowest BCUT2D eigenvalue weighted by Gasteiger charge is -2.21. The van der Waals surface area contributed by atoms with Gasteiger partial charge in [-0.25, -0.2) is 0 Å². The van der Waals surface area contributed by atoms with E-state index >= 15 is 0 Å². The molecule has 0 fully saturated rings. The number of benzene rings is 15. The van der Waals surface area contributed by atoms with Gasteiger partial charge in [0.1, 0.15) is 0 Å². The van der Waals surface area contributed by atoms with E-state index in [1.807, 2.05) is 0 Å². The van der Waals surface area contributed by atoms with Crippen LogP contribution in [0.25, 0.3) is 185 Å². The van der Waals surface area contributed by atoms with Crippen molar-refractivity contribution in [3.05, 3.63) is 242 Å². The van der Waals surface area contributed by atoms with Crippen LogP contribution in [0, 0.1) is 13.8 Å². The smallest absolute Gasteiger partial charge is 0.000730 e. The van der Waals surface area contributed by atoms with Gasteiger partial charge in [-0.2, -0.15) is 0 Å². The van der Waals surface area contributed by atoms with Gasteiger partial charge in [0.05, 0.1) is 0 Å². The highest BCUT2D eigenvalue weighted by Gasteiger charge is 2.34. The Morgan fingerprint density at radius 3 is 1.16 bits per heavy atom. The predicted octanol–water partition coefficient (Wildman–Crippen LogP) is 21.6. The van der Waals surface area contributed by atoms with E-state index in [1.165, 1.54) is 196 Å².